The number of pyridine rings is 1. The van der Waals surface area contributed by atoms with Crippen LogP contribution in [0.3, 0.4) is 0 Å². The Morgan fingerprint density at radius 1 is 1.47 bits per heavy atom. The van der Waals surface area contributed by atoms with E-state index < -0.39 is 5.97 Å². The van der Waals surface area contributed by atoms with Crippen molar-refractivity contribution in [2.24, 2.45) is 0 Å². The summed E-state index contributed by atoms with van der Waals surface area (Å²) in [5.41, 5.74) is 0.0682. The van der Waals surface area contributed by atoms with Gasteiger partial charge in [0.15, 0.2) is 0 Å². The maximum absolute atomic E-state index is 11.4. The van der Waals surface area contributed by atoms with Gasteiger partial charge in [-0.2, -0.15) is 0 Å². The Labute approximate surface area is 119 Å². The average Bonchev–Trinajstić information content (AvgIpc) is 2.29. The summed E-state index contributed by atoms with van der Waals surface area (Å²) < 4.78 is 0.591. The highest BCUT2D eigenvalue weighted by Crippen LogP contribution is 2.17. The van der Waals surface area contributed by atoms with E-state index in [2.05, 4.69) is 31.5 Å². The Bertz CT molecular complexity index is 477. The molecule has 1 aromatic heterocycles. The molecule has 1 rings (SSSR count). The number of rotatable bonds is 6. The van der Waals surface area contributed by atoms with Crippen LogP contribution in [0.15, 0.2) is 16.7 Å². The quantitative estimate of drug-likeness (QED) is 0.741. The van der Waals surface area contributed by atoms with E-state index in [-0.39, 0.29) is 29.8 Å². The first-order valence-corrected chi connectivity index (χ1v) is 6.61. The number of carboxylic acids is 1. The molecule has 104 valence electrons. The van der Waals surface area contributed by atoms with Crippen molar-refractivity contribution in [1.29, 1.82) is 0 Å². The third-order valence-electron chi connectivity index (χ3n) is 2.18. The van der Waals surface area contributed by atoms with E-state index in [4.69, 9.17) is 5.11 Å². The van der Waals surface area contributed by atoms with Gasteiger partial charge in [0.1, 0.15) is 11.4 Å². The predicted molar refractivity (Wildman–Crippen MR) is 75.3 cm³/mol. The van der Waals surface area contributed by atoms with Gasteiger partial charge in [0.2, 0.25) is 5.91 Å². The van der Waals surface area contributed by atoms with Crippen LogP contribution in [-0.2, 0) is 4.79 Å². The Morgan fingerprint density at radius 3 is 2.74 bits per heavy atom. The maximum atomic E-state index is 11.4. The molecule has 0 unspecified atom stereocenters. The van der Waals surface area contributed by atoms with Crippen molar-refractivity contribution in [3.63, 3.8) is 0 Å². The molecule has 1 aromatic rings. The zero-order valence-corrected chi connectivity index (χ0v) is 12.3. The summed E-state index contributed by atoms with van der Waals surface area (Å²) in [4.78, 5) is 26.4. The third-order valence-corrected chi connectivity index (χ3v) is 2.61. The van der Waals surface area contributed by atoms with Crippen LogP contribution in [0.25, 0.3) is 0 Å². The molecule has 0 bridgehead atoms. The van der Waals surface area contributed by atoms with Crippen LogP contribution in [-0.4, -0.2) is 34.6 Å². The minimum absolute atomic E-state index is 0.0682. The van der Waals surface area contributed by atoms with E-state index in [9.17, 15) is 9.59 Å². The first kappa shape index (κ1) is 15.4. The molecule has 0 aliphatic heterocycles. The Balaban J connectivity index is 2.58. The number of halogens is 1. The molecule has 0 aliphatic rings. The molecule has 0 radical (unpaired) electrons. The fourth-order valence-corrected chi connectivity index (χ4v) is 1.76. The SMILES string of the molecule is CC(C)NC(=O)CCNc1ncc(Br)cc1C(=O)O. The number of nitrogens with zero attached hydrogens (tertiary/aromatic N) is 1. The molecule has 6 nitrogen and oxygen atoms in total. The van der Waals surface area contributed by atoms with Gasteiger partial charge in [0, 0.05) is 29.7 Å². The van der Waals surface area contributed by atoms with Gasteiger partial charge < -0.3 is 15.7 Å². The third kappa shape index (κ3) is 5.25. The predicted octanol–water partition coefficient (Wildman–Crippen LogP) is 1.87. The lowest BCUT2D eigenvalue weighted by atomic mass is 10.2. The molecule has 19 heavy (non-hydrogen) atoms. The van der Waals surface area contributed by atoms with Crippen LogP contribution >= 0.6 is 15.9 Å². The first-order chi connectivity index (χ1) is 8.90. The van der Waals surface area contributed by atoms with Crippen LogP contribution in [0.1, 0.15) is 30.6 Å². The van der Waals surface area contributed by atoms with Gasteiger partial charge in [-0.15, -0.1) is 0 Å². The number of aromatic carboxylic acids is 1. The Kier molecular flexibility index (Phi) is 5.75. The van der Waals surface area contributed by atoms with Crippen molar-refractivity contribution in [3.05, 3.63) is 22.3 Å². The molecule has 1 heterocycles. The van der Waals surface area contributed by atoms with Crippen molar-refractivity contribution < 1.29 is 14.7 Å². The number of hydrogen-bond donors (Lipinski definition) is 3. The summed E-state index contributed by atoms with van der Waals surface area (Å²) in [6.07, 6.45) is 1.76. The van der Waals surface area contributed by atoms with E-state index in [0.29, 0.717) is 11.0 Å². The second-order valence-electron chi connectivity index (χ2n) is 4.25. The van der Waals surface area contributed by atoms with Crippen molar-refractivity contribution >= 4 is 33.6 Å². The van der Waals surface area contributed by atoms with Gasteiger partial charge in [-0.25, -0.2) is 9.78 Å². The number of amides is 1. The van der Waals surface area contributed by atoms with E-state index in [1.54, 1.807) is 0 Å². The highest BCUT2D eigenvalue weighted by molar-refractivity contribution is 9.10. The topological polar surface area (TPSA) is 91.3 Å². The highest BCUT2D eigenvalue weighted by atomic mass is 79.9. The second-order valence-corrected chi connectivity index (χ2v) is 5.17. The molecule has 0 saturated heterocycles. The van der Waals surface area contributed by atoms with Crippen molar-refractivity contribution in [2.75, 3.05) is 11.9 Å². The second kappa shape index (κ2) is 7.08. The number of carbonyl (C=O) groups is 2. The summed E-state index contributed by atoms with van der Waals surface area (Å²) in [7, 11) is 0. The normalized spacial score (nSPS) is 10.3. The fourth-order valence-electron chi connectivity index (χ4n) is 1.43. The number of aromatic nitrogens is 1. The van der Waals surface area contributed by atoms with E-state index in [0.717, 1.165) is 0 Å². The lowest BCUT2D eigenvalue weighted by Gasteiger charge is -2.10. The molecule has 0 saturated carbocycles. The van der Waals surface area contributed by atoms with Crippen molar-refractivity contribution in [1.82, 2.24) is 10.3 Å². The maximum Gasteiger partial charge on any atom is 0.339 e. The summed E-state index contributed by atoms with van der Waals surface area (Å²) in [5, 5.41) is 14.6. The Morgan fingerprint density at radius 2 is 2.16 bits per heavy atom. The highest BCUT2D eigenvalue weighted by Gasteiger charge is 2.12. The molecule has 0 aliphatic carbocycles. The number of hydrogen-bond acceptors (Lipinski definition) is 4. The molecular formula is C12H16BrN3O3. The van der Waals surface area contributed by atoms with Crippen molar-refractivity contribution in [3.8, 4) is 0 Å². The van der Waals surface area contributed by atoms with Crippen LogP contribution in [0.4, 0.5) is 5.82 Å². The smallest absolute Gasteiger partial charge is 0.339 e. The zero-order chi connectivity index (χ0) is 14.4. The summed E-state index contributed by atoms with van der Waals surface area (Å²) in [5.74, 6) is -0.896. The van der Waals surface area contributed by atoms with Crippen LogP contribution < -0.4 is 10.6 Å². The molecular weight excluding hydrogens is 314 g/mol. The lowest BCUT2D eigenvalue weighted by molar-refractivity contribution is -0.121. The van der Waals surface area contributed by atoms with Gasteiger partial charge in [-0.05, 0) is 35.8 Å². The van der Waals surface area contributed by atoms with Crippen LogP contribution in [0, 0.1) is 0 Å². The van der Waals surface area contributed by atoms with Gasteiger partial charge in [-0.3, -0.25) is 4.79 Å². The fraction of sp³-hybridized carbons (Fsp3) is 0.417. The van der Waals surface area contributed by atoms with E-state index in [1.807, 2.05) is 13.8 Å². The first-order valence-electron chi connectivity index (χ1n) is 5.82. The molecule has 0 fully saturated rings. The Hall–Kier alpha value is -1.63. The van der Waals surface area contributed by atoms with Gasteiger partial charge in [-0.1, -0.05) is 0 Å². The number of nitrogens with one attached hydrogen (secondary N) is 2. The molecule has 3 N–H and O–H groups in total. The van der Waals surface area contributed by atoms with Gasteiger partial charge >= 0.3 is 5.97 Å². The van der Waals surface area contributed by atoms with Crippen LogP contribution in [0.2, 0.25) is 0 Å². The van der Waals surface area contributed by atoms with Crippen molar-refractivity contribution in [2.45, 2.75) is 26.3 Å². The van der Waals surface area contributed by atoms with E-state index >= 15 is 0 Å². The molecule has 0 aromatic carbocycles. The standard InChI is InChI=1S/C12H16BrN3O3/c1-7(2)16-10(17)3-4-14-11-9(12(18)19)5-8(13)6-15-11/h5-7H,3-4H2,1-2H3,(H,14,15)(H,16,17)(H,18,19). The number of carboxylic acid groups (broad SMARTS) is 1. The summed E-state index contributed by atoms with van der Waals surface area (Å²) in [6, 6.07) is 1.55. The summed E-state index contributed by atoms with van der Waals surface area (Å²) in [6.45, 7) is 4.09. The van der Waals surface area contributed by atoms with Crippen LogP contribution in [0.5, 0.6) is 0 Å². The molecule has 0 atom stereocenters. The minimum Gasteiger partial charge on any atom is -0.478 e. The molecule has 0 spiro atoms. The van der Waals surface area contributed by atoms with Gasteiger partial charge in [0.25, 0.3) is 0 Å². The molecule has 7 heteroatoms. The lowest BCUT2D eigenvalue weighted by Crippen LogP contribution is -2.31. The molecule has 1 amide bonds. The zero-order valence-electron chi connectivity index (χ0n) is 10.7. The number of carbonyl (C=O) groups excluding carboxylic acids is 1. The minimum atomic E-state index is -1.07. The summed E-state index contributed by atoms with van der Waals surface area (Å²) >= 11 is 3.17. The average molecular weight is 330 g/mol. The van der Waals surface area contributed by atoms with E-state index in [1.165, 1.54) is 12.3 Å². The largest absolute Gasteiger partial charge is 0.478 e. The number of anilines is 1. The monoisotopic (exact) mass is 329 g/mol. The van der Waals surface area contributed by atoms with Gasteiger partial charge in [0.05, 0.1) is 0 Å².